The molecule has 19 heavy (non-hydrogen) atoms. The first-order valence-electron chi connectivity index (χ1n) is 5.61. The van der Waals surface area contributed by atoms with Gasteiger partial charge in [0.05, 0.1) is 0 Å². The average molecular weight is 265 g/mol. The third kappa shape index (κ3) is 1.99. The number of nitrogens with zero attached hydrogens (tertiary/aromatic N) is 1. The van der Waals surface area contributed by atoms with Crippen LogP contribution < -0.4 is 9.47 Å². The molecule has 0 fully saturated rings. The van der Waals surface area contributed by atoms with Crippen molar-refractivity contribution in [2.24, 2.45) is 4.99 Å². The summed E-state index contributed by atoms with van der Waals surface area (Å²) in [6.07, 6.45) is -0.858. The van der Waals surface area contributed by atoms with Crippen LogP contribution in [0, 0.1) is 0 Å². The summed E-state index contributed by atoms with van der Waals surface area (Å²) in [5.41, 5.74) is 1.21. The fourth-order valence-corrected chi connectivity index (χ4v) is 2.15. The topological polar surface area (TPSA) is 47.9 Å². The Bertz CT molecular complexity index is 622. The summed E-state index contributed by atoms with van der Waals surface area (Å²) in [5, 5.41) is 0. The van der Waals surface area contributed by atoms with Gasteiger partial charge in [0.25, 0.3) is 5.91 Å². The van der Waals surface area contributed by atoms with E-state index >= 15 is 0 Å². The number of ether oxygens (including phenoxy) is 2. The van der Waals surface area contributed by atoms with Crippen molar-refractivity contribution in [2.45, 2.75) is 19.1 Å². The predicted molar refractivity (Wildman–Crippen MR) is 62.6 cm³/mol. The monoisotopic (exact) mass is 265 g/mol. The highest BCUT2D eigenvalue weighted by Crippen LogP contribution is 2.46. The number of amides is 1. The summed E-state index contributed by atoms with van der Waals surface area (Å²) in [5.74, 6) is -0.749. The normalized spacial score (nSPS) is 23.4. The van der Waals surface area contributed by atoms with Gasteiger partial charge in [0, 0.05) is 23.8 Å². The highest BCUT2D eigenvalue weighted by Gasteiger charge is 2.45. The number of aliphatic imine (C=N–C) groups is 1. The molecule has 0 spiro atoms. The van der Waals surface area contributed by atoms with Crippen LogP contribution in [0.2, 0.25) is 0 Å². The lowest BCUT2D eigenvalue weighted by molar-refractivity contribution is -0.286. The molecule has 0 N–H and O–H groups in total. The maximum absolute atomic E-state index is 13.1. The number of carbonyl (C=O) groups excluding carboxylic acids is 1. The van der Waals surface area contributed by atoms with Gasteiger partial charge < -0.3 is 9.47 Å². The van der Waals surface area contributed by atoms with Gasteiger partial charge in [-0.25, -0.2) is 4.99 Å². The van der Waals surface area contributed by atoms with Crippen LogP contribution in [0.25, 0.3) is 0 Å². The molecule has 1 aromatic rings. The minimum atomic E-state index is -3.66. The molecule has 1 aromatic carbocycles. The summed E-state index contributed by atoms with van der Waals surface area (Å²) in [6, 6.07) is 4.65. The second kappa shape index (κ2) is 3.88. The maximum atomic E-state index is 13.1. The van der Waals surface area contributed by atoms with Crippen LogP contribution in [0.15, 0.2) is 34.8 Å². The van der Waals surface area contributed by atoms with Crippen molar-refractivity contribution in [1.82, 2.24) is 0 Å². The van der Waals surface area contributed by atoms with Gasteiger partial charge in [0.15, 0.2) is 11.5 Å². The van der Waals surface area contributed by atoms with Crippen molar-refractivity contribution < 1.29 is 23.0 Å². The van der Waals surface area contributed by atoms with E-state index in [-0.39, 0.29) is 23.3 Å². The number of hydrogen-bond acceptors (Lipinski definition) is 3. The first-order chi connectivity index (χ1) is 8.96. The smallest absolute Gasteiger partial charge is 0.395 e. The number of halogens is 2. The van der Waals surface area contributed by atoms with E-state index in [1.807, 2.05) is 0 Å². The molecule has 0 radical (unpaired) electrons. The molecule has 2 heterocycles. The van der Waals surface area contributed by atoms with Gasteiger partial charge in [-0.1, -0.05) is 17.7 Å². The van der Waals surface area contributed by atoms with Crippen molar-refractivity contribution in [3.63, 3.8) is 0 Å². The van der Waals surface area contributed by atoms with Crippen LogP contribution in [0.1, 0.15) is 18.4 Å². The van der Waals surface area contributed by atoms with E-state index in [9.17, 15) is 13.6 Å². The zero-order valence-corrected chi connectivity index (χ0v) is 9.89. The first-order valence-corrected chi connectivity index (χ1v) is 5.61. The second-order valence-electron chi connectivity index (χ2n) is 4.32. The maximum Gasteiger partial charge on any atom is 0.586 e. The molecule has 3 rings (SSSR count). The Balaban J connectivity index is 2.05. The number of hydrogen-bond donors (Lipinski definition) is 0. The Hall–Kier alpha value is -2.24. The molecule has 4 nitrogen and oxygen atoms in total. The van der Waals surface area contributed by atoms with E-state index in [1.54, 1.807) is 19.1 Å². The summed E-state index contributed by atoms with van der Waals surface area (Å²) in [7, 11) is 0. The van der Waals surface area contributed by atoms with Gasteiger partial charge in [0.2, 0.25) is 0 Å². The number of para-hydroxylation sites is 1. The van der Waals surface area contributed by atoms with Crippen molar-refractivity contribution in [3.8, 4) is 11.5 Å². The Morgan fingerprint density at radius 3 is 2.84 bits per heavy atom. The largest absolute Gasteiger partial charge is 0.586 e. The van der Waals surface area contributed by atoms with Crippen LogP contribution in [0.4, 0.5) is 8.78 Å². The molecular formula is C13H9F2NO3. The molecule has 2 aliphatic heterocycles. The zero-order valence-electron chi connectivity index (χ0n) is 9.89. The molecule has 1 atom stereocenters. The van der Waals surface area contributed by atoms with Crippen molar-refractivity contribution in [2.75, 3.05) is 0 Å². The summed E-state index contributed by atoms with van der Waals surface area (Å²) >= 11 is 0. The lowest BCUT2D eigenvalue weighted by Gasteiger charge is -2.17. The summed E-state index contributed by atoms with van der Waals surface area (Å²) in [4.78, 5) is 14.8. The minimum absolute atomic E-state index is 0.00829. The van der Waals surface area contributed by atoms with E-state index in [4.69, 9.17) is 0 Å². The summed E-state index contributed by atoms with van der Waals surface area (Å²) in [6.45, 7) is 1.74. The van der Waals surface area contributed by atoms with Gasteiger partial charge in [-0.05, 0) is 13.0 Å². The van der Waals surface area contributed by atoms with Crippen molar-refractivity contribution >= 4 is 12.1 Å². The fourth-order valence-electron chi connectivity index (χ4n) is 2.15. The third-order valence-corrected chi connectivity index (χ3v) is 2.99. The van der Waals surface area contributed by atoms with Crippen LogP contribution in [0.5, 0.6) is 11.5 Å². The Kier molecular flexibility index (Phi) is 2.41. The van der Waals surface area contributed by atoms with Gasteiger partial charge in [0.1, 0.15) is 0 Å². The second-order valence-corrected chi connectivity index (χ2v) is 4.32. The van der Waals surface area contributed by atoms with Crippen LogP contribution in [0.3, 0.4) is 0 Å². The molecule has 1 unspecified atom stereocenters. The third-order valence-electron chi connectivity index (χ3n) is 2.99. The standard InChI is InChI=1S/C13H9F2NO3/c1-7-5-11(17)16-6-9(7)8-3-2-4-10-12(8)19-13(14,15)18-10/h2-6,9H,1H3. The van der Waals surface area contributed by atoms with Gasteiger partial charge >= 0.3 is 6.29 Å². The van der Waals surface area contributed by atoms with E-state index in [0.29, 0.717) is 11.1 Å². The van der Waals surface area contributed by atoms with E-state index < -0.39 is 6.29 Å². The number of rotatable bonds is 1. The molecule has 0 bridgehead atoms. The molecular weight excluding hydrogens is 256 g/mol. The number of benzene rings is 1. The van der Waals surface area contributed by atoms with Crippen LogP contribution >= 0.6 is 0 Å². The average Bonchev–Trinajstić information content (AvgIpc) is 2.63. The van der Waals surface area contributed by atoms with Gasteiger partial charge in [-0.2, -0.15) is 0 Å². The predicted octanol–water partition coefficient (Wildman–Crippen LogP) is 2.65. The van der Waals surface area contributed by atoms with E-state index in [2.05, 4.69) is 14.5 Å². The Morgan fingerprint density at radius 2 is 2.11 bits per heavy atom. The van der Waals surface area contributed by atoms with Gasteiger partial charge in [-0.3, -0.25) is 4.79 Å². The molecule has 0 saturated heterocycles. The molecule has 98 valence electrons. The first kappa shape index (κ1) is 11.8. The van der Waals surface area contributed by atoms with Crippen molar-refractivity contribution in [3.05, 3.63) is 35.4 Å². The molecule has 0 aromatic heterocycles. The highest BCUT2D eigenvalue weighted by atomic mass is 19.3. The quantitative estimate of drug-likeness (QED) is 0.784. The number of carbonyl (C=O) groups is 1. The number of fused-ring (bicyclic) bond motifs is 1. The SMILES string of the molecule is CC1=CC(=O)N=CC1c1cccc2c1OC(F)(F)O2. The Morgan fingerprint density at radius 1 is 1.32 bits per heavy atom. The van der Waals surface area contributed by atoms with Crippen molar-refractivity contribution in [1.29, 1.82) is 0 Å². The molecule has 2 aliphatic rings. The van der Waals surface area contributed by atoms with Gasteiger partial charge in [-0.15, -0.1) is 8.78 Å². The molecule has 0 saturated carbocycles. The minimum Gasteiger partial charge on any atom is -0.395 e. The fraction of sp³-hybridized carbons (Fsp3) is 0.231. The summed E-state index contributed by atoms with van der Waals surface area (Å²) < 4.78 is 35.1. The lowest BCUT2D eigenvalue weighted by Crippen LogP contribution is -2.26. The van der Waals surface area contributed by atoms with Crippen LogP contribution in [-0.4, -0.2) is 18.4 Å². The Labute approximate surface area is 107 Å². The zero-order chi connectivity index (χ0) is 13.6. The number of alkyl halides is 2. The van der Waals surface area contributed by atoms with E-state index in [1.165, 1.54) is 18.4 Å². The lowest BCUT2D eigenvalue weighted by atomic mass is 9.90. The number of allylic oxidation sites excluding steroid dienone is 1. The highest BCUT2D eigenvalue weighted by molar-refractivity contribution is 5.99. The van der Waals surface area contributed by atoms with Crippen LogP contribution in [-0.2, 0) is 4.79 Å². The number of dihydropyridines is 1. The molecule has 1 amide bonds. The molecule has 0 aliphatic carbocycles. The van der Waals surface area contributed by atoms with E-state index in [0.717, 1.165) is 0 Å². The molecule has 6 heteroatoms.